The average molecular weight is 130 g/mol. The molecular weight excluding hydrogens is 124 g/mol. The molecule has 0 saturated carbocycles. The summed E-state index contributed by atoms with van der Waals surface area (Å²) in [5, 5.41) is 3.88. The molecule has 2 nitrogen and oxygen atoms in total. The van der Waals surface area contributed by atoms with E-state index in [4.69, 9.17) is 11.6 Å². The smallest absolute Gasteiger partial charge is 0.0569 e. The molecule has 0 unspecified atom stereocenters. The second kappa shape index (κ2) is 2.72. The average Bonchev–Trinajstić information content (AvgIpc) is 2.19. The van der Waals surface area contributed by atoms with Crippen LogP contribution in [-0.4, -0.2) is 15.7 Å². The molecule has 1 aromatic heterocycles. The summed E-state index contributed by atoms with van der Waals surface area (Å²) in [5.41, 5.74) is 0. The van der Waals surface area contributed by atoms with Gasteiger partial charge in [-0.15, -0.1) is 11.6 Å². The molecule has 1 rings (SSSR count). The Morgan fingerprint density at radius 1 is 1.75 bits per heavy atom. The quantitative estimate of drug-likeness (QED) is 0.543. The lowest BCUT2D eigenvalue weighted by Gasteiger charge is -1.91. The minimum absolute atomic E-state index is 0.607. The third-order valence-electron chi connectivity index (χ3n) is 0.818. The lowest BCUT2D eigenvalue weighted by Crippen LogP contribution is -1.97. The van der Waals surface area contributed by atoms with Crippen molar-refractivity contribution in [1.82, 2.24) is 9.78 Å². The molecular formula is C5H6ClN2. The van der Waals surface area contributed by atoms with Gasteiger partial charge in [-0.1, -0.05) is 0 Å². The fraction of sp³-hybridized carbons (Fsp3) is 0.400. The highest BCUT2D eigenvalue weighted by Crippen LogP contribution is 1.84. The molecule has 0 aliphatic carbocycles. The SMILES string of the molecule is ClCCn1c[c]cn1. The lowest BCUT2D eigenvalue weighted by atomic mass is 10.7. The number of nitrogens with zero attached hydrogens (tertiary/aromatic N) is 2. The summed E-state index contributed by atoms with van der Waals surface area (Å²) in [4.78, 5) is 0. The Hall–Kier alpha value is -0.500. The third-order valence-corrected chi connectivity index (χ3v) is 0.987. The molecule has 43 valence electrons. The van der Waals surface area contributed by atoms with Crippen LogP contribution >= 0.6 is 11.6 Å². The van der Waals surface area contributed by atoms with Gasteiger partial charge in [0, 0.05) is 18.1 Å². The van der Waals surface area contributed by atoms with Gasteiger partial charge < -0.3 is 0 Å². The second-order valence-corrected chi connectivity index (χ2v) is 1.77. The first-order valence-corrected chi connectivity index (χ1v) is 2.91. The van der Waals surface area contributed by atoms with Gasteiger partial charge >= 0.3 is 0 Å². The predicted octanol–water partition coefficient (Wildman–Crippen LogP) is 0.922. The molecule has 0 aliphatic heterocycles. The van der Waals surface area contributed by atoms with Gasteiger partial charge in [0.1, 0.15) is 0 Å². The zero-order valence-electron chi connectivity index (χ0n) is 4.34. The van der Waals surface area contributed by atoms with E-state index in [9.17, 15) is 0 Å². The first kappa shape index (κ1) is 5.63. The fourth-order valence-electron chi connectivity index (χ4n) is 0.469. The van der Waals surface area contributed by atoms with Crippen molar-refractivity contribution in [3.05, 3.63) is 18.5 Å². The molecule has 1 heterocycles. The molecule has 0 aromatic carbocycles. The maximum atomic E-state index is 5.42. The van der Waals surface area contributed by atoms with Crippen LogP contribution in [0.3, 0.4) is 0 Å². The van der Waals surface area contributed by atoms with Crippen LogP contribution in [0.5, 0.6) is 0 Å². The first-order valence-electron chi connectivity index (χ1n) is 2.38. The minimum atomic E-state index is 0.607. The van der Waals surface area contributed by atoms with Crippen molar-refractivity contribution in [3.63, 3.8) is 0 Å². The number of aromatic nitrogens is 2. The van der Waals surface area contributed by atoms with E-state index in [0.29, 0.717) is 5.88 Å². The van der Waals surface area contributed by atoms with E-state index in [1.165, 1.54) is 0 Å². The molecule has 1 radical (unpaired) electrons. The summed E-state index contributed by atoms with van der Waals surface area (Å²) in [6, 6.07) is 2.81. The monoisotopic (exact) mass is 129 g/mol. The fourth-order valence-corrected chi connectivity index (χ4v) is 0.642. The summed E-state index contributed by atoms with van der Waals surface area (Å²) in [7, 11) is 0. The molecule has 3 heteroatoms. The first-order chi connectivity index (χ1) is 3.93. The van der Waals surface area contributed by atoms with Crippen molar-refractivity contribution >= 4 is 11.6 Å². The molecule has 0 amide bonds. The summed E-state index contributed by atoms with van der Waals surface area (Å²) in [6.45, 7) is 0.769. The van der Waals surface area contributed by atoms with Crippen LogP contribution in [0.15, 0.2) is 12.4 Å². The van der Waals surface area contributed by atoms with E-state index in [1.54, 1.807) is 17.1 Å². The van der Waals surface area contributed by atoms with Gasteiger partial charge in [-0.25, -0.2) is 0 Å². The molecule has 0 atom stereocenters. The topological polar surface area (TPSA) is 17.8 Å². The van der Waals surface area contributed by atoms with Crippen LogP contribution < -0.4 is 0 Å². The molecule has 0 bridgehead atoms. The van der Waals surface area contributed by atoms with Crippen molar-refractivity contribution in [2.45, 2.75) is 6.54 Å². The van der Waals surface area contributed by atoms with Crippen molar-refractivity contribution in [3.8, 4) is 0 Å². The van der Waals surface area contributed by atoms with E-state index in [2.05, 4.69) is 11.2 Å². The molecule has 0 fully saturated rings. The van der Waals surface area contributed by atoms with Crippen LogP contribution in [0.1, 0.15) is 0 Å². The zero-order valence-corrected chi connectivity index (χ0v) is 5.10. The number of rotatable bonds is 2. The van der Waals surface area contributed by atoms with Gasteiger partial charge in [-0.2, -0.15) is 5.10 Å². The molecule has 0 saturated heterocycles. The van der Waals surface area contributed by atoms with Crippen LogP contribution in [0.2, 0.25) is 0 Å². The van der Waals surface area contributed by atoms with E-state index < -0.39 is 0 Å². The maximum Gasteiger partial charge on any atom is 0.0569 e. The minimum Gasteiger partial charge on any atom is -0.271 e. The highest BCUT2D eigenvalue weighted by molar-refractivity contribution is 6.17. The van der Waals surface area contributed by atoms with Gasteiger partial charge in [-0.05, 0) is 0 Å². The Balaban J connectivity index is 2.50. The van der Waals surface area contributed by atoms with Crippen LogP contribution in [0.4, 0.5) is 0 Å². The van der Waals surface area contributed by atoms with Crippen molar-refractivity contribution < 1.29 is 0 Å². The number of alkyl halides is 1. The predicted molar refractivity (Wildman–Crippen MR) is 31.8 cm³/mol. The Morgan fingerprint density at radius 2 is 2.62 bits per heavy atom. The van der Waals surface area contributed by atoms with Gasteiger partial charge in [0.15, 0.2) is 0 Å². The highest BCUT2D eigenvalue weighted by Gasteiger charge is 1.84. The van der Waals surface area contributed by atoms with Crippen molar-refractivity contribution in [2.75, 3.05) is 5.88 Å². The standard InChI is InChI=1S/C5H6ClN2/c6-2-5-8-4-1-3-7-8/h3-4H,2,5H2. The van der Waals surface area contributed by atoms with E-state index in [0.717, 1.165) is 6.54 Å². The number of hydrogen-bond donors (Lipinski definition) is 0. The number of aryl methyl sites for hydroxylation is 1. The van der Waals surface area contributed by atoms with Gasteiger partial charge in [0.25, 0.3) is 0 Å². The second-order valence-electron chi connectivity index (χ2n) is 1.39. The van der Waals surface area contributed by atoms with E-state index in [-0.39, 0.29) is 0 Å². The molecule has 8 heavy (non-hydrogen) atoms. The molecule has 1 aromatic rings. The summed E-state index contributed by atoms with van der Waals surface area (Å²) < 4.78 is 1.74. The van der Waals surface area contributed by atoms with Crippen LogP contribution in [0.25, 0.3) is 0 Å². The molecule has 0 aliphatic rings. The van der Waals surface area contributed by atoms with Crippen LogP contribution in [-0.2, 0) is 6.54 Å². The van der Waals surface area contributed by atoms with Gasteiger partial charge in [0.2, 0.25) is 0 Å². The summed E-state index contributed by atoms with van der Waals surface area (Å²) >= 11 is 5.42. The molecule has 0 N–H and O–H groups in total. The molecule has 0 spiro atoms. The van der Waals surface area contributed by atoms with E-state index >= 15 is 0 Å². The third kappa shape index (κ3) is 1.23. The van der Waals surface area contributed by atoms with Crippen molar-refractivity contribution in [2.24, 2.45) is 0 Å². The van der Waals surface area contributed by atoms with Crippen molar-refractivity contribution in [1.29, 1.82) is 0 Å². The summed E-state index contributed by atoms with van der Waals surface area (Å²) in [5.74, 6) is 0.607. The largest absolute Gasteiger partial charge is 0.271 e. The van der Waals surface area contributed by atoms with E-state index in [1.807, 2.05) is 0 Å². The van der Waals surface area contributed by atoms with Crippen LogP contribution in [0, 0.1) is 6.07 Å². The number of hydrogen-bond acceptors (Lipinski definition) is 1. The lowest BCUT2D eigenvalue weighted by molar-refractivity contribution is 0.664. The zero-order chi connectivity index (χ0) is 5.82. The number of halogens is 1. The maximum absolute atomic E-state index is 5.42. The highest BCUT2D eigenvalue weighted by atomic mass is 35.5. The van der Waals surface area contributed by atoms with Gasteiger partial charge in [0.05, 0.1) is 12.7 Å². The van der Waals surface area contributed by atoms with Gasteiger partial charge in [-0.3, -0.25) is 4.68 Å². The Bertz CT molecular complexity index is 136. The Labute approximate surface area is 53.1 Å². The normalized spacial score (nSPS) is 9.62. The Morgan fingerprint density at radius 3 is 3.12 bits per heavy atom. The summed E-state index contributed by atoms with van der Waals surface area (Å²) in [6.07, 6.45) is 3.38. The Kier molecular flexibility index (Phi) is 1.92.